The molecule has 1 aromatic carbocycles. The standard InChI is InChI=1S/C25H24N4O7/c1-29(2)19-14-6-10-5-13-12(11-7-27-9-28-8-11)3-4-15(30)17(13)20(31)16(10)22(33)25(14,36)23(34)18(21(19)32)24(26)35/h3-4,7-10,14,19,30-31,34,36H,5-6H2,1-2H3,(H2,26,35)/t10-,14+,19-,25-/m1/s1. The smallest absolute Gasteiger partial charge is 0.255 e. The number of aliphatic hydroxyl groups is 3. The van der Waals surface area contributed by atoms with Crippen LogP contribution in [0, 0.1) is 11.8 Å². The zero-order valence-corrected chi connectivity index (χ0v) is 19.5. The molecule has 0 bridgehead atoms. The van der Waals surface area contributed by atoms with Crippen molar-refractivity contribution < 1.29 is 34.8 Å². The van der Waals surface area contributed by atoms with Gasteiger partial charge in [-0.2, -0.15) is 0 Å². The van der Waals surface area contributed by atoms with E-state index in [2.05, 4.69) is 9.97 Å². The SMILES string of the molecule is CN(C)[C@H]1C(=O)C(C(N)=O)=C(O)[C@]2(O)C(=O)C3=C(O)c4c(O)ccc(-c5cncnc5)c4C[C@@H]3C[C@@H]12. The average Bonchev–Trinajstić information content (AvgIpc) is 2.81. The largest absolute Gasteiger partial charge is 0.508 e. The molecule has 0 saturated heterocycles. The van der Waals surface area contributed by atoms with Crippen molar-refractivity contribution in [2.75, 3.05) is 14.1 Å². The van der Waals surface area contributed by atoms with E-state index in [0.717, 1.165) is 0 Å². The molecule has 3 aliphatic carbocycles. The zero-order valence-electron chi connectivity index (χ0n) is 19.5. The number of likely N-dealkylation sites (N-methyl/N-ethyl adjacent to an activating group) is 1. The molecule has 6 N–H and O–H groups in total. The molecule has 0 unspecified atom stereocenters. The predicted molar refractivity (Wildman–Crippen MR) is 125 cm³/mol. The van der Waals surface area contributed by atoms with E-state index in [1.807, 2.05) is 0 Å². The van der Waals surface area contributed by atoms with E-state index in [1.54, 1.807) is 32.6 Å². The molecule has 1 saturated carbocycles. The van der Waals surface area contributed by atoms with Crippen LogP contribution in [0.15, 0.2) is 47.8 Å². The molecule has 1 fully saturated rings. The second-order valence-electron chi connectivity index (χ2n) is 9.57. The lowest BCUT2D eigenvalue weighted by molar-refractivity contribution is -0.153. The Labute approximate surface area is 205 Å². The second kappa shape index (κ2) is 7.97. The number of amides is 1. The number of hydrogen-bond acceptors (Lipinski definition) is 10. The van der Waals surface area contributed by atoms with Crippen LogP contribution in [0.2, 0.25) is 0 Å². The van der Waals surface area contributed by atoms with Crippen LogP contribution in [0.3, 0.4) is 0 Å². The molecule has 186 valence electrons. The molecule has 1 aromatic heterocycles. The quantitative estimate of drug-likeness (QED) is 0.376. The number of fused-ring (bicyclic) bond motifs is 3. The molecule has 1 amide bonds. The number of ketones is 2. The van der Waals surface area contributed by atoms with E-state index < -0.39 is 58.0 Å². The van der Waals surface area contributed by atoms with E-state index in [4.69, 9.17) is 5.73 Å². The minimum absolute atomic E-state index is 0.0200. The van der Waals surface area contributed by atoms with E-state index >= 15 is 0 Å². The summed E-state index contributed by atoms with van der Waals surface area (Å²) in [4.78, 5) is 48.5. The fourth-order valence-corrected chi connectivity index (χ4v) is 5.95. The van der Waals surface area contributed by atoms with Crippen molar-refractivity contribution in [3.05, 3.63) is 58.9 Å². The topological polar surface area (TPSA) is 187 Å². The van der Waals surface area contributed by atoms with Crippen molar-refractivity contribution >= 4 is 23.2 Å². The van der Waals surface area contributed by atoms with Gasteiger partial charge in [-0.3, -0.25) is 19.3 Å². The summed E-state index contributed by atoms with van der Waals surface area (Å²) in [5.74, 6) is -6.82. The average molecular weight is 492 g/mol. The summed E-state index contributed by atoms with van der Waals surface area (Å²) in [6.45, 7) is 0. The zero-order chi connectivity index (χ0) is 26.1. The van der Waals surface area contributed by atoms with E-state index in [-0.39, 0.29) is 29.7 Å². The molecule has 0 radical (unpaired) electrons. The Morgan fingerprint density at radius 2 is 1.81 bits per heavy atom. The number of carbonyl (C=O) groups is 3. The Bertz CT molecular complexity index is 1400. The fourth-order valence-electron chi connectivity index (χ4n) is 5.95. The number of rotatable bonds is 3. The summed E-state index contributed by atoms with van der Waals surface area (Å²) in [5.41, 5.74) is 3.48. The highest BCUT2D eigenvalue weighted by atomic mass is 16.3. The molecule has 3 aliphatic rings. The molecule has 11 nitrogen and oxygen atoms in total. The number of phenolic OH excluding ortho intramolecular Hbond substituents is 1. The number of phenols is 1. The van der Waals surface area contributed by atoms with Crippen molar-refractivity contribution in [1.82, 2.24) is 14.9 Å². The van der Waals surface area contributed by atoms with Gasteiger partial charge in [0.1, 0.15) is 29.2 Å². The van der Waals surface area contributed by atoms with Crippen LogP contribution in [0.4, 0.5) is 0 Å². The molecule has 36 heavy (non-hydrogen) atoms. The van der Waals surface area contributed by atoms with Gasteiger partial charge in [0, 0.05) is 29.4 Å². The number of hydrogen-bond donors (Lipinski definition) is 5. The molecular weight excluding hydrogens is 468 g/mol. The lowest BCUT2D eigenvalue weighted by Crippen LogP contribution is -2.65. The number of nitrogens with two attached hydrogens (primary N) is 1. The van der Waals surface area contributed by atoms with Crippen molar-refractivity contribution in [3.8, 4) is 16.9 Å². The van der Waals surface area contributed by atoms with E-state index in [9.17, 15) is 34.8 Å². The predicted octanol–water partition coefficient (Wildman–Crippen LogP) is 0.421. The van der Waals surface area contributed by atoms with E-state index in [0.29, 0.717) is 16.7 Å². The number of aliphatic hydroxyl groups excluding tert-OH is 2. The van der Waals surface area contributed by atoms with Crippen molar-refractivity contribution in [2.45, 2.75) is 24.5 Å². The minimum atomic E-state index is -2.66. The van der Waals surface area contributed by atoms with Gasteiger partial charge in [-0.1, -0.05) is 6.07 Å². The first-order valence-electron chi connectivity index (χ1n) is 11.2. The Hall–Kier alpha value is -4.09. The monoisotopic (exact) mass is 492 g/mol. The lowest BCUT2D eigenvalue weighted by atomic mass is 9.57. The number of nitrogens with zero attached hydrogens (tertiary/aromatic N) is 3. The summed E-state index contributed by atoms with van der Waals surface area (Å²) in [5, 5.41) is 44.4. The minimum Gasteiger partial charge on any atom is -0.508 e. The van der Waals surface area contributed by atoms with Crippen LogP contribution in [-0.4, -0.2) is 78.5 Å². The van der Waals surface area contributed by atoms with E-state index in [1.165, 1.54) is 17.3 Å². The third-order valence-corrected chi connectivity index (χ3v) is 7.48. The normalized spacial score (nSPS) is 27.6. The van der Waals surface area contributed by atoms with Crippen LogP contribution < -0.4 is 5.73 Å². The molecule has 0 aliphatic heterocycles. The highest BCUT2D eigenvalue weighted by molar-refractivity contribution is 6.24. The molecule has 4 atom stereocenters. The van der Waals surface area contributed by atoms with Crippen LogP contribution in [-0.2, 0) is 20.8 Å². The van der Waals surface area contributed by atoms with Gasteiger partial charge in [0.2, 0.25) is 5.78 Å². The molecule has 0 spiro atoms. The van der Waals surface area contributed by atoms with Gasteiger partial charge in [-0.15, -0.1) is 0 Å². The highest BCUT2D eigenvalue weighted by Crippen LogP contribution is 2.53. The molecule has 1 heterocycles. The van der Waals surface area contributed by atoms with Gasteiger partial charge < -0.3 is 26.2 Å². The first-order chi connectivity index (χ1) is 17.0. The molecule has 5 rings (SSSR count). The number of benzene rings is 1. The van der Waals surface area contributed by atoms with Crippen LogP contribution >= 0.6 is 0 Å². The number of aromatic nitrogens is 2. The summed E-state index contributed by atoms with van der Waals surface area (Å²) in [7, 11) is 3.11. The van der Waals surface area contributed by atoms with Crippen LogP contribution in [0.1, 0.15) is 17.5 Å². The Kier molecular flexibility index (Phi) is 5.23. The van der Waals surface area contributed by atoms with Crippen molar-refractivity contribution in [3.63, 3.8) is 0 Å². The van der Waals surface area contributed by atoms with Crippen molar-refractivity contribution in [2.24, 2.45) is 17.6 Å². The van der Waals surface area contributed by atoms with Gasteiger partial charge in [-0.05, 0) is 50.0 Å². The Morgan fingerprint density at radius 3 is 2.42 bits per heavy atom. The maximum Gasteiger partial charge on any atom is 0.255 e. The Morgan fingerprint density at radius 1 is 1.14 bits per heavy atom. The number of primary amides is 1. The maximum absolute atomic E-state index is 13.8. The molecule has 11 heteroatoms. The van der Waals surface area contributed by atoms with Gasteiger partial charge in [0.15, 0.2) is 11.4 Å². The van der Waals surface area contributed by atoms with Gasteiger partial charge >= 0.3 is 0 Å². The van der Waals surface area contributed by atoms with Gasteiger partial charge in [0.25, 0.3) is 5.91 Å². The summed E-state index contributed by atoms with van der Waals surface area (Å²) in [6.07, 6.45) is 4.74. The first kappa shape index (κ1) is 23.6. The first-order valence-corrected chi connectivity index (χ1v) is 11.2. The third-order valence-electron chi connectivity index (χ3n) is 7.48. The van der Waals surface area contributed by atoms with Crippen molar-refractivity contribution in [1.29, 1.82) is 0 Å². The van der Waals surface area contributed by atoms with Gasteiger partial charge in [-0.25, -0.2) is 9.97 Å². The maximum atomic E-state index is 13.8. The summed E-state index contributed by atoms with van der Waals surface area (Å²) in [6, 6.07) is 1.90. The summed E-state index contributed by atoms with van der Waals surface area (Å²) < 4.78 is 0. The fraction of sp³-hybridized carbons (Fsp3) is 0.320. The molecule has 2 aromatic rings. The number of aromatic hydroxyl groups is 1. The lowest BCUT2D eigenvalue weighted by Gasteiger charge is -2.50. The number of carbonyl (C=O) groups excluding carboxylic acids is 3. The van der Waals surface area contributed by atoms with Crippen LogP contribution in [0.5, 0.6) is 5.75 Å². The van der Waals surface area contributed by atoms with Crippen LogP contribution in [0.25, 0.3) is 16.9 Å². The summed E-state index contributed by atoms with van der Waals surface area (Å²) >= 11 is 0. The Balaban J connectivity index is 1.75. The second-order valence-corrected chi connectivity index (χ2v) is 9.57. The highest BCUT2D eigenvalue weighted by Gasteiger charge is 2.64. The van der Waals surface area contributed by atoms with Gasteiger partial charge in [0.05, 0.1) is 11.6 Å². The third kappa shape index (κ3) is 3.02. The number of Topliss-reactive ketones (excluding diaryl/α,β-unsaturated/α-hetero) is 2. The molecular formula is C25H24N4O7.